The molecule has 0 aliphatic carbocycles. The summed E-state index contributed by atoms with van der Waals surface area (Å²) in [6.07, 6.45) is -0.0369. The molecule has 196 valence electrons. The molecule has 0 aromatic heterocycles. The molecule has 0 spiro atoms. The van der Waals surface area contributed by atoms with Crippen molar-refractivity contribution in [2.75, 3.05) is 4.90 Å². The van der Waals surface area contributed by atoms with Crippen LogP contribution in [0.2, 0.25) is 0 Å². The summed E-state index contributed by atoms with van der Waals surface area (Å²) in [7, 11) is 0. The van der Waals surface area contributed by atoms with Crippen LogP contribution in [-0.2, 0) is 5.54 Å². The predicted octanol–water partition coefficient (Wildman–Crippen LogP) is 9.13. The zero-order valence-corrected chi connectivity index (χ0v) is 23.6. The number of fused-ring (bicyclic) bond motifs is 3. The molecular formula is C38H34N2. The second-order valence-corrected chi connectivity index (χ2v) is 11.1. The number of nitrogens with zero attached hydrogens (tertiary/aromatic N) is 2. The number of aryl methyl sites for hydroxylation is 3. The Kier molecular flexibility index (Phi) is 5.68. The number of allylic oxidation sites excluding steroid dienone is 1. The van der Waals surface area contributed by atoms with E-state index in [4.69, 9.17) is 0 Å². The van der Waals surface area contributed by atoms with Crippen molar-refractivity contribution in [2.24, 2.45) is 0 Å². The third-order valence-corrected chi connectivity index (χ3v) is 8.93. The fourth-order valence-corrected chi connectivity index (χ4v) is 7.27. The van der Waals surface area contributed by atoms with E-state index in [0.717, 1.165) is 0 Å². The van der Waals surface area contributed by atoms with Crippen LogP contribution in [0.1, 0.15) is 57.6 Å². The fourth-order valence-electron chi connectivity index (χ4n) is 7.27. The van der Waals surface area contributed by atoms with Crippen LogP contribution >= 0.6 is 0 Å². The quantitative estimate of drug-likeness (QED) is 0.234. The van der Waals surface area contributed by atoms with Gasteiger partial charge in [-0.05, 0) is 67.1 Å². The van der Waals surface area contributed by atoms with Crippen molar-refractivity contribution in [1.82, 2.24) is 4.90 Å². The Balaban J connectivity index is 1.65. The Morgan fingerprint density at radius 2 is 1.05 bits per heavy atom. The van der Waals surface area contributed by atoms with Gasteiger partial charge in [-0.25, -0.2) is 0 Å². The lowest BCUT2D eigenvalue weighted by molar-refractivity contribution is 0.211. The first-order valence-electron chi connectivity index (χ1n) is 14.2. The first-order chi connectivity index (χ1) is 19.5. The van der Waals surface area contributed by atoms with Crippen LogP contribution in [-0.4, -0.2) is 4.90 Å². The molecule has 0 saturated carbocycles. The Hall–Kier alpha value is -4.56. The molecule has 7 rings (SSSR count). The summed E-state index contributed by atoms with van der Waals surface area (Å²) < 4.78 is 0. The van der Waals surface area contributed by atoms with E-state index >= 15 is 0 Å². The largest absolute Gasteiger partial charge is 0.327 e. The van der Waals surface area contributed by atoms with Gasteiger partial charge in [-0.15, -0.1) is 0 Å². The molecule has 2 aliphatic rings. The minimum absolute atomic E-state index is 0.0369. The second-order valence-electron chi connectivity index (χ2n) is 11.1. The summed E-state index contributed by atoms with van der Waals surface area (Å²) in [6, 6.07) is 46.8. The third-order valence-electron chi connectivity index (χ3n) is 8.93. The highest BCUT2D eigenvalue weighted by atomic mass is 15.5. The Labute approximate surface area is 237 Å². The van der Waals surface area contributed by atoms with E-state index in [1.165, 1.54) is 61.6 Å². The van der Waals surface area contributed by atoms with Gasteiger partial charge in [-0.2, -0.15) is 0 Å². The van der Waals surface area contributed by atoms with E-state index in [-0.39, 0.29) is 6.17 Å². The van der Waals surface area contributed by atoms with Gasteiger partial charge in [0.15, 0.2) is 0 Å². The lowest BCUT2D eigenvalue weighted by Crippen LogP contribution is -2.47. The lowest BCUT2D eigenvalue weighted by atomic mass is 9.76. The number of anilines is 1. The van der Waals surface area contributed by atoms with Gasteiger partial charge in [-0.3, -0.25) is 0 Å². The van der Waals surface area contributed by atoms with Gasteiger partial charge >= 0.3 is 0 Å². The number of para-hydroxylation sites is 1. The van der Waals surface area contributed by atoms with E-state index in [9.17, 15) is 0 Å². The molecule has 0 N–H and O–H groups in total. The maximum atomic E-state index is 2.74. The molecule has 0 bridgehead atoms. The first kappa shape index (κ1) is 24.5. The van der Waals surface area contributed by atoms with Crippen LogP contribution in [0.15, 0.2) is 133 Å². The topological polar surface area (TPSA) is 6.48 Å². The lowest BCUT2D eigenvalue weighted by Gasteiger charge is -2.47. The van der Waals surface area contributed by atoms with Crippen molar-refractivity contribution in [3.63, 3.8) is 0 Å². The zero-order chi connectivity index (χ0) is 27.4. The van der Waals surface area contributed by atoms with Crippen molar-refractivity contribution in [3.05, 3.63) is 178 Å². The molecule has 40 heavy (non-hydrogen) atoms. The molecule has 2 nitrogen and oxygen atoms in total. The first-order valence-corrected chi connectivity index (χ1v) is 14.2. The molecule has 0 saturated heterocycles. The summed E-state index contributed by atoms with van der Waals surface area (Å²) in [5.74, 6) is 0. The maximum Gasteiger partial charge on any atom is 0.134 e. The van der Waals surface area contributed by atoms with E-state index in [2.05, 4.69) is 165 Å². The molecule has 5 aromatic rings. The fraction of sp³-hybridized carbons (Fsp3) is 0.158. The average Bonchev–Trinajstić information content (AvgIpc) is 3.45. The molecule has 2 aliphatic heterocycles. The second kappa shape index (κ2) is 9.27. The SMILES string of the molecule is CC1=C2c3ccccc3C(c3ccccc3)(c3ccccc3)N2C(c2c(C)cccc2C)N1c1ccccc1C. The van der Waals surface area contributed by atoms with Crippen LogP contribution in [0.5, 0.6) is 0 Å². The molecule has 0 fully saturated rings. The van der Waals surface area contributed by atoms with Gasteiger partial charge in [-0.1, -0.05) is 121 Å². The highest BCUT2D eigenvalue weighted by Crippen LogP contribution is 2.62. The van der Waals surface area contributed by atoms with Gasteiger partial charge in [0.05, 0.1) is 5.70 Å². The molecule has 2 heterocycles. The highest BCUT2D eigenvalue weighted by Gasteiger charge is 2.58. The van der Waals surface area contributed by atoms with Gasteiger partial charge in [0.1, 0.15) is 11.7 Å². The normalized spacial score (nSPS) is 17.2. The molecule has 0 amide bonds. The molecular weight excluding hydrogens is 484 g/mol. The van der Waals surface area contributed by atoms with Gasteiger partial charge in [0, 0.05) is 22.5 Å². The van der Waals surface area contributed by atoms with Gasteiger partial charge < -0.3 is 9.80 Å². The summed E-state index contributed by atoms with van der Waals surface area (Å²) in [6.45, 7) is 9.07. The molecule has 0 radical (unpaired) electrons. The summed E-state index contributed by atoms with van der Waals surface area (Å²) in [4.78, 5) is 5.33. The summed E-state index contributed by atoms with van der Waals surface area (Å²) in [5.41, 5.74) is 13.8. The molecule has 5 aromatic carbocycles. The highest BCUT2D eigenvalue weighted by molar-refractivity contribution is 5.86. The smallest absolute Gasteiger partial charge is 0.134 e. The zero-order valence-electron chi connectivity index (χ0n) is 23.6. The van der Waals surface area contributed by atoms with Crippen molar-refractivity contribution >= 4 is 11.4 Å². The van der Waals surface area contributed by atoms with Crippen LogP contribution in [0.3, 0.4) is 0 Å². The number of rotatable bonds is 4. The minimum Gasteiger partial charge on any atom is -0.327 e. The summed E-state index contributed by atoms with van der Waals surface area (Å²) >= 11 is 0. The van der Waals surface area contributed by atoms with Crippen LogP contribution < -0.4 is 4.90 Å². The van der Waals surface area contributed by atoms with Gasteiger partial charge in [0.25, 0.3) is 0 Å². The number of benzene rings is 5. The standard InChI is InChI=1S/C38H34N2/c1-26-16-11-14-25-34(26)39-29(4)36-32-23-12-13-24-33(32)38(30-19-7-5-8-20-30,31-21-9-6-10-22-31)40(36)37(39)35-27(2)17-15-18-28(35)3/h5-25,37H,1-4H3. The average molecular weight is 519 g/mol. The molecule has 1 unspecified atom stereocenters. The van der Waals surface area contributed by atoms with Crippen LogP contribution in [0.25, 0.3) is 5.70 Å². The summed E-state index contributed by atoms with van der Waals surface area (Å²) in [5, 5.41) is 0. The van der Waals surface area contributed by atoms with E-state index in [1.54, 1.807) is 0 Å². The maximum absolute atomic E-state index is 2.74. The van der Waals surface area contributed by atoms with Crippen molar-refractivity contribution < 1.29 is 0 Å². The van der Waals surface area contributed by atoms with Crippen molar-refractivity contribution in [2.45, 2.75) is 39.4 Å². The van der Waals surface area contributed by atoms with Crippen LogP contribution in [0.4, 0.5) is 5.69 Å². The Morgan fingerprint density at radius 3 is 1.68 bits per heavy atom. The van der Waals surface area contributed by atoms with E-state index in [1.807, 2.05) is 0 Å². The predicted molar refractivity (Wildman–Crippen MR) is 166 cm³/mol. The molecule has 2 heteroatoms. The number of hydrogen-bond donors (Lipinski definition) is 0. The third kappa shape index (κ3) is 3.29. The van der Waals surface area contributed by atoms with Crippen molar-refractivity contribution in [3.8, 4) is 0 Å². The minimum atomic E-state index is -0.507. The van der Waals surface area contributed by atoms with E-state index < -0.39 is 5.54 Å². The van der Waals surface area contributed by atoms with E-state index in [0.29, 0.717) is 0 Å². The van der Waals surface area contributed by atoms with Gasteiger partial charge in [0.2, 0.25) is 0 Å². The number of hydrogen-bond acceptors (Lipinski definition) is 2. The molecule has 1 atom stereocenters. The van der Waals surface area contributed by atoms with Crippen LogP contribution in [0, 0.1) is 20.8 Å². The monoisotopic (exact) mass is 518 g/mol. The Bertz CT molecular complexity index is 1690. The Morgan fingerprint density at radius 1 is 0.525 bits per heavy atom. The van der Waals surface area contributed by atoms with Crippen molar-refractivity contribution in [1.29, 1.82) is 0 Å².